The molecule has 0 aliphatic carbocycles. The molecule has 0 aromatic rings. The highest BCUT2D eigenvalue weighted by Gasteiger charge is 2.08. The number of primary amides is 1. The third kappa shape index (κ3) is 7.90. The minimum atomic E-state index is -0.373. The van der Waals surface area contributed by atoms with Gasteiger partial charge in [-0.25, -0.2) is 0 Å². The average molecular weight is 217 g/mol. The zero-order valence-electron chi connectivity index (χ0n) is 9.21. The number of rotatable bonds is 8. The van der Waals surface area contributed by atoms with E-state index in [0.29, 0.717) is 19.7 Å². The number of carbonyl (C=O) groups excluding carboxylic acids is 2. The summed E-state index contributed by atoms with van der Waals surface area (Å²) in [5, 5.41) is 5.48. The van der Waals surface area contributed by atoms with Crippen LogP contribution in [0.15, 0.2) is 0 Å². The van der Waals surface area contributed by atoms with E-state index in [1.54, 1.807) is 14.0 Å². The summed E-state index contributed by atoms with van der Waals surface area (Å²) in [7, 11) is 1.57. The molecule has 6 nitrogen and oxygen atoms in total. The van der Waals surface area contributed by atoms with Crippen molar-refractivity contribution in [2.24, 2.45) is 11.7 Å². The molecule has 0 saturated heterocycles. The Morgan fingerprint density at radius 3 is 2.67 bits per heavy atom. The molecule has 4 N–H and O–H groups in total. The smallest absolute Gasteiger partial charge is 0.234 e. The lowest BCUT2D eigenvalue weighted by molar-refractivity contribution is -0.122. The van der Waals surface area contributed by atoms with Crippen molar-refractivity contribution in [3.05, 3.63) is 0 Å². The third-order valence-corrected chi connectivity index (χ3v) is 1.85. The monoisotopic (exact) mass is 217 g/mol. The van der Waals surface area contributed by atoms with E-state index in [1.807, 2.05) is 0 Å². The number of hydrogen-bond donors (Lipinski definition) is 3. The fraction of sp³-hybridized carbons (Fsp3) is 0.778. The van der Waals surface area contributed by atoms with Crippen molar-refractivity contribution in [2.45, 2.75) is 6.92 Å². The molecule has 0 aliphatic heterocycles. The highest BCUT2D eigenvalue weighted by Crippen LogP contribution is 1.88. The summed E-state index contributed by atoms with van der Waals surface area (Å²) in [5.41, 5.74) is 5.06. The molecule has 0 aromatic carbocycles. The first-order valence-corrected chi connectivity index (χ1v) is 4.83. The summed E-state index contributed by atoms with van der Waals surface area (Å²) < 4.78 is 4.77. The molecule has 1 atom stereocenters. The standard InChI is InChI=1S/C9H19N3O3/c1-7(9(10)14)5-11-6-8(13)12-3-4-15-2/h7,11H,3-6H2,1-2H3,(H2,10,14)(H,12,13). The van der Waals surface area contributed by atoms with E-state index in [9.17, 15) is 9.59 Å². The van der Waals surface area contributed by atoms with Gasteiger partial charge in [-0.3, -0.25) is 9.59 Å². The van der Waals surface area contributed by atoms with Crippen LogP contribution in [-0.2, 0) is 14.3 Å². The SMILES string of the molecule is COCCNC(=O)CNCC(C)C(N)=O. The minimum Gasteiger partial charge on any atom is -0.383 e. The Morgan fingerprint density at radius 1 is 1.47 bits per heavy atom. The van der Waals surface area contributed by atoms with Crippen LogP contribution in [-0.4, -0.2) is 45.2 Å². The van der Waals surface area contributed by atoms with Crippen LogP contribution in [0.2, 0.25) is 0 Å². The first-order valence-electron chi connectivity index (χ1n) is 4.83. The zero-order chi connectivity index (χ0) is 11.7. The van der Waals surface area contributed by atoms with Crippen LogP contribution in [0, 0.1) is 5.92 Å². The normalized spacial score (nSPS) is 12.1. The van der Waals surface area contributed by atoms with Gasteiger partial charge >= 0.3 is 0 Å². The van der Waals surface area contributed by atoms with E-state index >= 15 is 0 Å². The Hall–Kier alpha value is -1.14. The van der Waals surface area contributed by atoms with Gasteiger partial charge in [0, 0.05) is 26.1 Å². The molecule has 6 heteroatoms. The molecule has 1 unspecified atom stereocenters. The van der Waals surface area contributed by atoms with Gasteiger partial charge < -0.3 is 21.1 Å². The molecule has 0 heterocycles. The van der Waals surface area contributed by atoms with Gasteiger partial charge in [-0.05, 0) is 0 Å². The summed E-state index contributed by atoms with van der Waals surface area (Å²) in [4.78, 5) is 21.8. The Kier molecular flexibility index (Phi) is 7.57. The van der Waals surface area contributed by atoms with E-state index in [-0.39, 0.29) is 24.3 Å². The molecule has 15 heavy (non-hydrogen) atoms. The quantitative estimate of drug-likeness (QED) is 0.429. The van der Waals surface area contributed by atoms with Gasteiger partial charge in [0.25, 0.3) is 0 Å². The van der Waals surface area contributed by atoms with E-state index in [2.05, 4.69) is 10.6 Å². The molecule has 0 fully saturated rings. The van der Waals surface area contributed by atoms with Crippen LogP contribution in [0.5, 0.6) is 0 Å². The first-order chi connectivity index (χ1) is 7.07. The molecule has 0 aliphatic rings. The Morgan fingerprint density at radius 2 is 2.13 bits per heavy atom. The first kappa shape index (κ1) is 13.9. The Labute approximate surface area is 89.5 Å². The van der Waals surface area contributed by atoms with Crippen LogP contribution >= 0.6 is 0 Å². The predicted octanol–water partition coefficient (Wildman–Crippen LogP) is -1.54. The summed E-state index contributed by atoms with van der Waals surface area (Å²) in [6.45, 7) is 3.28. The maximum absolute atomic E-state index is 11.1. The highest BCUT2D eigenvalue weighted by atomic mass is 16.5. The molecule has 0 radical (unpaired) electrons. The van der Waals surface area contributed by atoms with E-state index in [1.165, 1.54) is 0 Å². The molecule has 0 rings (SSSR count). The summed E-state index contributed by atoms with van der Waals surface area (Å²) in [6, 6.07) is 0. The number of carbonyl (C=O) groups is 2. The Balaban J connectivity index is 3.42. The van der Waals surface area contributed by atoms with Gasteiger partial charge in [0.05, 0.1) is 13.2 Å². The molecule has 0 bridgehead atoms. The van der Waals surface area contributed by atoms with Gasteiger partial charge in [0.2, 0.25) is 11.8 Å². The van der Waals surface area contributed by atoms with Gasteiger partial charge in [-0.15, -0.1) is 0 Å². The fourth-order valence-corrected chi connectivity index (χ4v) is 0.858. The van der Waals surface area contributed by atoms with Gasteiger partial charge in [-0.1, -0.05) is 6.92 Å². The summed E-state index contributed by atoms with van der Waals surface area (Å²) >= 11 is 0. The van der Waals surface area contributed by atoms with Gasteiger partial charge in [-0.2, -0.15) is 0 Å². The topological polar surface area (TPSA) is 93.4 Å². The van der Waals surface area contributed by atoms with Crippen LogP contribution in [0.3, 0.4) is 0 Å². The van der Waals surface area contributed by atoms with Crippen LogP contribution in [0.1, 0.15) is 6.92 Å². The second-order valence-corrected chi connectivity index (χ2v) is 3.28. The van der Waals surface area contributed by atoms with Crippen LogP contribution < -0.4 is 16.4 Å². The molecule has 0 spiro atoms. The maximum Gasteiger partial charge on any atom is 0.234 e. The summed E-state index contributed by atoms with van der Waals surface area (Å²) in [5.74, 6) is -0.761. The molecule has 0 aromatic heterocycles. The highest BCUT2D eigenvalue weighted by molar-refractivity contribution is 5.78. The molecular weight excluding hydrogens is 198 g/mol. The lowest BCUT2D eigenvalue weighted by Crippen LogP contribution is -2.39. The van der Waals surface area contributed by atoms with Crippen LogP contribution in [0.25, 0.3) is 0 Å². The number of ether oxygens (including phenoxy) is 1. The predicted molar refractivity (Wildman–Crippen MR) is 56.1 cm³/mol. The van der Waals surface area contributed by atoms with E-state index < -0.39 is 0 Å². The van der Waals surface area contributed by atoms with Crippen molar-refractivity contribution >= 4 is 11.8 Å². The van der Waals surface area contributed by atoms with E-state index in [0.717, 1.165) is 0 Å². The molecule has 0 saturated carbocycles. The Bertz CT molecular complexity index is 209. The van der Waals surface area contributed by atoms with Crippen molar-refractivity contribution in [3.63, 3.8) is 0 Å². The van der Waals surface area contributed by atoms with Crippen molar-refractivity contribution in [2.75, 3.05) is 33.4 Å². The lowest BCUT2D eigenvalue weighted by Gasteiger charge is -2.09. The minimum absolute atomic E-state index is 0.122. The van der Waals surface area contributed by atoms with Gasteiger partial charge in [0.15, 0.2) is 0 Å². The van der Waals surface area contributed by atoms with Gasteiger partial charge in [0.1, 0.15) is 0 Å². The largest absolute Gasteiger partial charge is 0.383 e. The number of methoxy groups -OCH3 is 1. The van der Waals surface area contributed by atoms with Crippen LogP contribution in [0.4, 0.5) is 0 Å². The van der Waals surface area contributed by atoms with Crippen molar-refractivity contribution in [3.8, 4) is 0 Å². The van der Waals surface area contributed by atoms with Crippen molar-refractivity contribution in [1.82, 2.24) is 10.6 Å². The number of amides is 2. The second-order valence-electron chi connectivity index (χ2n) is 3.28. The molecule has 2 amide bonds. The number of nitrogens with two attached hydrogens (primary N) is 1. The average Bonchev–Trinajstić information content (AvgIpc) is 2.18. The molecular formula is C9H19N3O3. The van der Waals surface area contributed by atoms with E-state index in [4.69, 9.17) is 10.5 Å². The number of hydrogen-bond acceptors (Lipinski definition) is 4. The fourth-order valence-electron chi connectivity index (χ4n) is 0.858. The molecule has 88 valence electrons. The lowest BCUT2D eigenvalue weighted by atomic mass is 10.2. The van der Waals surface area contributed by atoms with Crippen molar-refractivity contribution < 1.29 is 14.3 Å². The zero-order valence-corrected chi connectivity index (χ0v) is 9.21. The summed E-state index contributed by atoms with van der Waals surface area (Å²) in [6.07, 6.45) is 0. The third-order valence-electron chi connectivity index (χ3n) is 1.85. The van der Waals surface area contributed by atoms with Crippen molar-refractivity contribution in [1.29, 1.82) is 0 Å². The maximum atomic E-state index is 11.1. The second kappa shape index (κ2) is 8.19. The number of nitrogens with one attached hydrogen (secondary N) is 2.